The lowest BCUT2D eigenvalue weighted by atomic mass is 9.98. The Hall–Kier alpha value is -0.500. The predicted octanol–water partition coefficient (Wildman–Crippen LogP) is 4.28. The van der Waals surface area contributed by atoms with Crippen LogP contribution in [0, 0.1) is 5.92 Å². The van der Waals surface area contributed by atoms with Crippen molar-refractivity contribution >= 4 is 15.9 Å². The molecule has 0 aliphatic heterocycles. The van der Waals surface area contributed by atoms with E-state index in [1.807, 2.05) is 12.1 Å². The van der Waals surface area contributed by atoms with Gasteiger partial charge in [-0.15, -0.1) is 0 Å². The third-order valence-corrected chi connectivity index (χ3v) is 4.74. The van der Waals surface area contributed by atoms with Gasteiger partial charge in [0.15, 0.2) is 0 Å². The molecule has 0 saturated heterocycles. The van der Waals surface area contributed by atoms with Crippen molar-refractivity contribution in [1.82, 2.24) is 0 Å². The van der Waals surface area contributed by atoms with Crippen LogP contribution in [-0.2, 0) is 6.42 Å². The van der Waals surface area contributed by atoms with E-state index in [-0.39, 0.29) is 0 Å². The lowest BCUT2D eigenvalue weighted by Gasteiger charge is -2.16. The molecule has 0 heterocycles. The summed E-state index contributed by atoms with van der Waals surface area (Å²) in [6.07, 6.45) is 7.80. The Morgan fingerprint density at radius 3 is 2.75 bits per heavy atom. The molecule has 1 unspecified atom stereocenters. The van der Waals surface area contributed by atoms with Gasteiger partial charge in [0, 0.05) is 4.83 Å². The fourth-order valence-electron chi connectivity index (χ4n) is 2.57. The van der Waals surface area contributed by atoms with Crippen LogP contribution in [0.25, 0.3) is 0 Å². The molecule has 2 rings (SSSR count). The smallest absolute Gasteiger partial charge is 0.115 e. The number of benzene rings is 1. The minimum Gasteiger partial charge on any atom is -0.508 e. The van der Waals surface area contributed by atoms with Gasteiger partial charge >= 0.3 is 0 Å². The quantitative estimate of drug-likeness (QED) is 0.818. The van der Waals surface area contributed by atoms with E-state index in [1.165, 1.54) is 37.7 Å². The normalized spacial score (nSPS) is 18.8. The number of hydrogen-bond acceptors (Lipinski definition) is 1. The summed E-state index contributed by atoms with van der Waals surface area (Å²) in [6.45, 7) is 0. The number of phenols is 1. The topological polar surface area (TPSA) is 20.2 Å². The molecule has 1 atom stereocenters. The molecule has 1 aliphatic rings. The Balaban J connectivity index is 1.82. The van der Waals surface area contributed by atoms with Gasteiger partial charge in [-0.25, -0.2) is 0 Å². The van der Waals surface area contributed by atoms with Crippen LogP contribution in [0.5, 0.6) is 5.75 Å². The SMILES string of the molecule is Oc1cccc(CCC(Br)C2CCCC2)c1. The van der Waals surface area contributed by atoms with Crippen LogP contribution in [0.15, 0.2) is 24.3 Å². The van der Waals surface area contributed by atoms with Crippen LogP contribution < -0.4 is 0 Å². The zero-order valence-electron chi connectivity index (χ0n) is 9.53. The molecular weight excluding hydrogens is 264 g/mol. The van der Waals surface area contributed by atoms with E-state index in [0.717, 1.165) is 12.3 Å². The van der Waals surface area contributed by atoms with Gasteiger partial charge in [0.25, 0.3) is 0 Å². The first-order valence-electron chi connectivity index (χ1n) is 6.17. The molecule has 1 aromatic rings. The van der Waals surface area contributed by atoms with Gasteiger partial charge < -0.3 is 5.11 Å². The van der Waals surface area contributed by atoms with E-state index < -0.39 is 0 Å². The molecule has 0 amide bonds. The van der Waals surface area contributed by atoms with E-state index in [2.05, 4.69) is 22.0 Å². The van der Waals surface area contributed by atoms with E-state index in [4.69, 9.17) is 0 Å². The van der Waals surface area contributed by atoms with Gasteiger partial charge in [-0.05, 0) is 49.3 Å². The van der Waals surface area contributed by atoms with Crippen molar-refractivity contribution in [2.45, 2.75) is 43.4 Å². The number of phenolic OH excluding ortho intramolecular Hbond substituents is 1. The molecule has 1 aliphatic carbocycles. The van der Waals surface area contributed by atoms with Gasteiger partial charge in [0.2, 0.25) is 0 Å². The maximum absolute atomic E-state index is 9.38. The Kier molecular flexibility index (Phi) is 4.28. The van der Waals surface area contributed by atoms with Crippen LogP contribution in [0.1, 0.15) is 37.7 Å². The van der Waals surface area contributed by atoms with Crippen LogP contribution in [-0.4, -0.2) is 9.93 Å². The average Bonchev–Trinajstić information content (AvgIpc) is 2.79. The van der Waals surface area contributed by atoms with E-state index in [1.54, 1.807) is 6.07 Å². The third-order valence-electron chi connectivity index (χ3n) is 3.53. The Morgan fingerprint density at radius 1 is 1.31 bits per heavy atom. The van der Waals surface area contributed by atoms with Gasteiger partial charge in [0.05, 0.1) is 0 Å². The number of alkyl halides is 1. The highest BCUT2D eigenvalue weighted by Crippen LogP contribution is 2.33. The summed E-state index contributed by atoms with van der Waals surface area (Å²) in [4.78, 5) is 0.650. The monoisotopic (exact) mass is 282 g/mol. The summed E-state index contributed by atoms with van der Waals surface area (Å²) < 4.78 is 0. The van der Waals surface area contributed by atoms with Crippen molar-refractivity contribution in [2.24, 2.45) is 5.92 Å². The molecule has 0 aromatic heterocycles. The van der Waals surface area contributed by atoms with Crippen molar-refractivity contribution in [3.63, 3.8) is 0 Å². The zero-order chi connectivity index (χ0) is 11.4. The lowest BCUT2D eigenvalue weighted by molar-refractivity contribution is 0.473. The molecule has 2 heteroatoms. The minimum absolute atomic E-state index is 0.379. The van der Waals surface area contributed by atoms with Crippen molar-refractivity contribution in [3.8, 4) is 5.75 Å². The molecule has 1 N–H and O–H groups in total. The number of aryl methyl sites for hydroxylation is 1. The van der Waals surface area contributed by atoms with Gasteiger partial charge in [-0.2, -0.15) is 0 Å². The Bertz CT molecular complexity index is 331. The second-order valence-corrected chi connectivity index (χ2v) is 5.95. The van der Waals surface area contributed by atoms with E-state index in [9.17, 15) is 5.11 Å². The molecule has 1 saturated carbocycles. The minimum atomic E-state index is 0.379. The number of hydrogen-bond donors (Lipinski definition) is 1. The first-order chi connectivity index (χ1) is 7.75. The molecule has 88 valence electrons. The molecular formula is C14H19BrO. The molecule has 1 aromatic carbocycles. The summed E-state index contributed by atoms with van der Waals surface area (Å²) in [5.74, 6) is 1.25. The van der Waals surface area contributed by atoms with Crippen molar-refractivity contribution in [2.75, 3.05) is 0 Å². The Labute approximate surface area is 106 Å². The molecule has 16 heavy (non-hydrogen) atoms. The first kappa shape index (κ1) is 12.0. The Morgan fingerprint density at radius 2 is 2.06 bits per heavy atom. The maximum atomic E-state index is 9.38. The first-order valence-corrected chi connectivity index (χ1v) is 7.09. The number of halogens is 1. The van der Waals surface area contributed by atoms with Gasteiger partial charge in [-0.1, -0.05) is 40.9 Å². The number of rotatable bonds is 4. The third kappa shape index (κ3) is 3.24. The molecule has 0 radical (unpaired) electrons. The van der Waals surface area contributed by atoms with Gasteiger partial charge in [0.1, 0.15) is 5.75 Å². The largest absolute Gasteiger partial charge is 0.508 e. The van der Waals surface area contributed by atoms with Crippen molar-refractivity contribution < 1.29 is 5.11 Å². The summed E-state index contributed by atoms with van der Waals surface area (Å²) in [6, 6.07) is 7.61. The predicted molar refractivity (Wildman–Crippen MR) is 71.1 cm³/mol. The van der Waals surface area contributed by atoms with E-state index in [0.29, 0.717) is 10.6 Å². The summed E-state index contributed by atoms with van der Waals surface area (Å²) in [7, 11) is 0. The fraction of sp³-hybridized carbons (Fsp3) is 0.571. The molecule has 1 fully saturated rings. The highest BCUT2D eigenvalue weighted by molar-refractivity contribution is 9.09. The summed E-state index contributed by atoms with van der Waals surface area (Å²) in [5.41, 5.74) is 1.24. The standard InChI is InChI=1S/C14H19BrO/c15-14(12-5-1-2-6-12)9-8-11-4-3-7-13(16)10-11/h3-4,7,10,12,14,16H,1-2,5-6,8-9H2. The molecule has 1 nitrogen and oxygen atoms in total. The molecule has 0 bridgehead atoms. The summed E-state index contributed by atoms with van der Waals surface area (Å²) in [5, 5.41) is 9.38. The lowest BCUT2D eigenvalue weighted by Crippen LogP contribution is -2.11. The van der Waals surface area contributed by atoms with Gasteiger partial charge in [-0.3, -0.25) is 0 Å². The highest BCUT2D eigenvalue weighted by atomic mass is 79.9. The summed E-state index contributed by atoms with van der Waals surface area (Å²) >= 11 is 3.82. The second-order valence-electron chi connectivity index (χ2n) is 4.77. The fourth-order valence-corrected chi connectivity index (χ4v) is 3.33. The maximum Gasteiger partial charge on any atom is 0.115 e. The average molecular weight is 283 g/mol. The van der Waals surface area contributed by atoms with Crippen LogP contribution >= 0.6 is 15.9 Å². The zero-order valence-corrected chi connectivity index (χ0v) is 11.1. The molecule has 0 spiro atoms. The highest BCUT2D eigenvalue weighted by Gasteiger charge is 2.22. The number of aromatic hydroxyl groups is 1. The van der Waals surface area contributed by atoms with Crippen LogP contribution in [0.4, 0.5) is 0 Å². The van der Waals surface area contributed by atoms with E-state index >= 15 is 0 Å². The van der Waals surface area contributed by atoms with Crippen molar-refractivity contribution in [3.05, 3.63) is 29.8 Å². The van der Waals surface area contributed by atoms with Crippen molar-refractivity contribution in [1.29, 1.82) is 0 Å². The second kappa shape index (κ2) is 5.72. The van der Waals surface area contributed by atoms with Crippen LogP contribution in [0.3, 0.4) is 0 Å². The van der Waals surface area contributed by atoms with Crippen LogP contribution in [0.2, 0.25) is 0 Å².